The minimum absolute atomic E-state index is 0.0568. The molecule has 1 aromatic heterocycles. The number of hydrogen-bond acceptors (Lipinski definition) is 5. The first-order chi connectivity index (χ1) is 12.5. The second-order valence-electron chi connectivity index (χ2n) is 6.89. The van der Waals surface area contributed by atoms with Crippen molar-refractivity contribution in [2.75, 3.05) is 6.54 Å². The highest BCUT2D eigenvalue weighted by Crippen LogP contribution is 2.22. The molecule has 1 aromatic carbocycles. The minimum atomic E-state index is -3.44. The van der Waals surface area contributed by atoms with E-state index in [0.29, 0.717) is 6.54 Å². The molecule has 1 fully saturated rings. The Morgan fingerprint density at radius 2 is 1.65 bits per heavy atom. The Morgan fingerprint density at radius 1 is 1.04 bits per heavy atom. The molecule has 1 aliphatic heterocycles. The third-order valence-electron chi connectivity index (χ3n) is 4.92. The van der Waals surface area contributed by atoms with Gasteiger partial charge in [-0.25, -0.2) is 13.1 Å². The van der Waals surface area contributed by atoms with Crippen LogP contribution in [0.3, 0.4) is 0 Å². The summed E-state index contributed by atoms with van der Waals surface area (Å²) in [5.74, 6) is 0.0568. The number of aromatic nitrogens is 1. The van der Waals surface area contributed by atoms with Crippen molar-refractivity contribution < 1.29 is 8.42 Å². The van der Waals surface area contributed by atoms with Crippen molar-refractivity contribution in [3.63, 3.8) is 0 Å². The van der Waals surface area contributed by atoms with Crippen molar-refractivity contribution in [1.29, 1.82) is 0 Å². The third kappa shape index (κ3) is 4.48. The molecule has 0 radical (unpaired) electrons. The van der Waals surface area contributed by atoms with Crippen molar-refractivity contribution in [3.05, 3.63) is 66.0 Å². The number of rotatable bonds is 7. The van der Waals surface area contributed by atoms with E-state index >= 15 is 0 Å². The lowest BCUT2D eigenvalue weighted by molar-refractivity contribution is 0.536. The molecule has 6 nitrogen and oxygen atoms in total. The predicted molar refractivity (Wildman–Crippen MR) is 103 cm³/mol. The van der Waals surface area contributed by atoms with Gasteiger partial charge in [-0.15, -0.1) is 0 Å². The van der Waals surface area contributed by atoms with Crippen molar-refractivity contribution >= 4 is 10.0 Å². The largest absolute Gasteiger partial charge is 0.265 e. The van der Waals surface area contributed by atoms with Crippen molar-refractivity contribution in [2.45, 2.75) is 43.5 Å². The van der Waals surface area contributed by atoms with E-state index in [-0.39, 0.29) is 18.0 Å². The lowest BCUT2D eigenvalue weighted by atomic mass is 9.92. The van der Waals surface area contributed by atoms with Crippen LogP contribution in [0.15, 0.2) is 54.9 Å². The first-order valence-electron chi connectivity index (χ1n) is 8.91. The fourth-order valence-electron chi connectivity index (χ4n) is 3.55. The fourth-order valence-corrected chi connectivity index (χ4v) is 5.38. The molecule has 0 aliphatic carbocycles. The van der Waals surface area contributed by atoms with Gasteiger partial charge in [-0.1, -0.05) is 30.3 Å². The number of hydrogen-bond donors (Lipinski definition) is 3. The second-order valence-corrected chi connectivity index (χ2v) is 8.81. The molecule has 2 heterocycles. The molecule has 0 spiro atoms. The second kappa shape index (κ2) is 8.26. The van der Waals surface area contributed by atoms with Gasteiger partial charge in [-0.05, 0) is 43.5 Å². The molecule has 3 rings (SSSR count). The summed E-state index contributed by atoms with van der Waals surface area (Å²) in [4.78, 5) is 4.05. The minimum Gasteiger partial charge on any atom is -0.265 e. The smallest absolute Gasteiger partial charge is 0.217 e. The molecule has 0 amide bonds. The molecule has 0 bridgehead atoms. The topological polar surface area (TPSA) is 83.1 Å². The van der Waals surface area contributed by atoms with Crippen LogP contribution in [-0.2, 0) is 16.4 Å². The predicted octanol–water partition coefficient (Wildman–Crippen LogP) is 1.58. The average Bonchev–Trinajstić information content (AvgIpc) is 2.99. The third-order valence-corrected chi connectivity index (χ3v) is 7.02. The van der Waals surface area contributed by atoms with Gasteiger partial charge in [0.1, 0.15) is 5.25 Å². The molecule has 1 aliphatic rings. The maximum absolute atomic E-state index is 12.8. The molecular formula is C19H26N4O2S. The SMILES string of the molecule is CC1NNC(C)C1S(=O)(=O)NCC(Cc1ccncc1)c1ccccc1. The first kappa shape index (κ1) is 19.0. The summed E-state index contributed by atoms with van der Waals surface area (Å²) in [7, 11) is -3.44. The van der Waals surface area contributed by atoms with Crippen LogP contribution < -0.4 is 15.6 Å². The Bertz CT molecular complexity index is 789. The molecule has 26 heavy (non-hydrogen) atoms. The van der Waals surface area contributed by atoms with Crippen molar-refractivity contribution in [1.82, 2.24) is 20.6 Å². The van der Waals surface area contributed by atoms with Gasteiger partial charge in [0.05, 0.1) is 0 Å². The van der Waals surface area contributed by atoms with Crippen LogP contribution >= 0.6 is 0 Å². The Labute approximate surface area is 155 Å². The number of nitrogens with zero attached hydrogens (tertiary/aromatic N) is 1. The zero-order valence-corrected chi connectivity index (χ0v) is 15.9. The van der Waals surface area contributed by atoms with Gasteiger partial charge in [-0.2, -0.15) is 0 Å². The summed E-state index contributed by atoms with van der Waals surface area (Å²) < 4.78 is 28.5. The van der Waals surface area contributed by atoms with Gasteiger partial charge in [0.25, 0.3) is 0 Å². The van der Waals surface area contributed by atoms with Crippen LogP contribution in [0.2, 0.25) is 0 Å². The summed E-state index contributed by atoms with van der Waals surface area (Å²) in [5, 5.41) is -0.500. The Hall–Kier alpha value is -1.80. The summed E-state index contributed by atoms with van der Waals surface area (Å²) in [6.07, 6.45) is 4.28. The van der Waals surface area contributed by atoms with E-state index in [1.54, 1.807) is 12.4 Å². The van der Waals surface area contributed by atoms with Crippen LogP contribution in [0.1, 0.15) is 30.9 Å². The van der Waals surface area contributed by atoms with E-state index in [0.717, 1.165) is 17.5 Å². The van der Waals surface area contributed by atoms with Crippen molar-refractivity contribution in [2.24, 2.45) is 0 Å². The van der Waals surface area contributed by atoms with Crippen LogP contribution in [0.25, 0.3) is 0 Å². The van der Waals surface area contributed by atoms with Gasteiger partial charge in [0.15, 0.2) is 0 Å². The van der Waals surface area contributed by atoms with Crippen LogP contribution in [-0.4, -0.2) is 37.3 Å². The van der Waals surface area contributed by atoms with Gasteiger partial charge >= 0.3 is 0 Å². The van der Waals surface area contributed by atoms with Crippen LogP contribution in [0.4, 0.5) is 0 Å². The Morgan fingerprint density at radius 3 is 2.27 bits per heavy atom. The summed E-state index contributed by atoms with van der Waals surface area (Å²) in [6.45, 7) is 4.13. The molecule has 0 saturated carbocycles. The van der Waals surface area contributed by atoms with E-state index in [4.69, 9.17) is 0 Å². The fraction of sp³-hybridized carbons (Fsp3) is 0.421. The van der Waals surface area contributed by atoms with E-state index < -0.39 is 15.3 Å². The molecule has 3 N–H and O–H groups in total. The summed E-state index contributed by atoms with van der Waals surface area (Å²) >= 11 is 0. The normalized spacial score (nSPS) is 24.5. The maximum atomic E-state index is 12.8. The van der Waals surface area contributed by atoms with Gasteiger partial charge in [0, 0.05) is 36.9 Å². The highest BCUT2D eigenvalue weighted by molar-refractivity contribution is 7.90. The molecule has 2 aromatic rings. The molecular weight excluding hydrogens is 348 g/mol. The zero-order chi connectivity index (χ0) is 18.6. The molecule has 3 atom stereocenters. The highest BCUT2D eigenvalue weighted by atomic mass is 32.2. The zero-order valence-electron chi connectivity index (χ0n) is 15.1. The van der Waals surface area contributed by atoms with Crippen LogP contribution in [0, 0.1) is 0 Å². The lowest BCUT2D eigenvalue weighted by Crippen LogP contribution is -2.45. The van der Waals surface area contributed by atoms with Crippen molar-refractivity contribution in [3.8, 4) is 0 Å². The Kier molecular flexibility index (Phi) is 6.03. The number of hydrazine groups is 1. The van der Waals surface area contributed by atoms with E-state index in [9.17, 15) is 8.42 Å². The summed E-state index contributed by atoms with van der Waals surface area (Å²) in [5.41, 5.74) is 8.28. The van der Waals surface area contributed by atoms with Gasteiger partial charge in [-0.3, -0.25) is 15.8 Å². The van der Waals surface area contributed by atoms with E-state index in [2.05, 4.69) is 20.6 Å². The molecule has 140 valence electrons. The monoisotopic (exact) mass is 374 g/mol. The first-order valence-corrected chi connectivity index (χ1v) is 10.5. The molecule has 7 heteroatoms. The molecule has 3 unspecified atom stereocenters. The van der Waals surface area contributed by atoms with E-state index in [1.807, 2.05) is 56.3 Å². The number of benzene rings is 1. The number of nitrogens with one attached hydrogen (secondary N) is 3. The Balaban J connectivity index is 1.75. The summed E-state index contributed by atoms with van der Waals surface area (Å²) in [6, 6.07) is 13.7. The van der Waals surface area contributed by atoms with E-state index in [1.165, 1.54) is 0 Å². The van der Waals surface area contributed by atoms with Gasteiger partial charge < -0.3 is 0 Å². The number of pyridine rings is 1. The van der Waals surface area contributed by atoms with Gasteiger partial charge in [0.2, 0.25) is 10.0 Å². The standard InChI is InChI=1S/C19H26N4O2S/c1-14-19(15(2)23-22-14)26(24,25)21-13-18(17-6-4-3-5-7-17)12-16-8-10-20-11-9-16/h3-11,14-15,18-19,21-23H,12-13H2,1-2H3. The average molecular weight is 375 g/mol. The number of sulfonamides is 1. The molecule has 1 saturated heterocycles. The quantitative estimate of drug-likeness (QED) is 0.685. The van der Waals surface area contributed by atoms with Crippen LogP contribution in [0.5, 0.6) is 0 Å². The maximum Gasteiger partial charge on any atom is 0.217 e. The lowest BCUT2D eigenvalue weighted by Gasteiger charge is -2.23. The highest BCUT2D eigenvalue weighted by Gasteiger charge is 2.40.